The Hall–Kier alpha value is -4.59. The first-order chi connectivity index (χ1) is 19.0. The number of carboxylic acids is 1. The molecule has 0 bridgehead atoms. The van der Waals surface area contributed by atoms with Gasteiger partial charge in [0.2, 0.25) is 11.6 Å². The Labute approximate surface area is 233 Å². The quantitative estimate of drug-likeness (QED) is 0.139. The predicted octanol–water partition coefficient (Wildman–Crippen LogP) is 3.45. The molecule has 1 aromatic heterocycles. The van der Waals surface area contributed by atoms with Gasteiger partial charge in [-0.3, -0.25) is 10.4 Å². The van der Waals surface area contributed by atoms with Crippen LogP contribution in [0, 0.1) is 17.0 Å². The fraction of sp³-hybridized carbons (Fsp3) is 0.231. The molecular formula is C26H26F2N6O5S. The topological polar surface area (TPSA) is 158 Å². The van der Waals surface area contributed by atoms with Crippen LogP contribution in [-0.2, 0) is 4.79 Å². The van der Waals surface area contributed by atoms with Crippen molar-refractivity contribution in [3.05, 3.63) is 65.2 Å². The highest BCUT2D eigenvalue weighted by Crippen LogP contribution is 2.40. The lowest BCUT2D eigenvalue weighted by atomic mass is 10.2. The second-order valence-corrected chi connectivity index (χ2v) is 9.17. The van der Waals surface area contributed by atoms with Crippen molar-refractivity contribution in [3.8, 4) is 29.0 Å². The molecular weight excluding hydrogens is 546 g/mol. The summed E-state index contributed by atoms with van der Waals surface area (Å²) in [7, 11) is 3.05. The van der Waals surface area contributed by atoms with E-state index in [-0.39, 0.29) is 28.7 Å². The average Bonchev–Trinajstić information content (AvgIpc) is 3.34. The average molecular weight is 573 g/mol. The number of aromatic hydroxyl groups is 1. The fourth-order valence-electron chi connectivity index (χ4n) is 3.98. The van der Waals surface area contributed by atoms with Crippen LogP contribution < -0.4 is 20.1 Å². The maximum Gasteiger partial charge on any atom is 0.327 e. The van der Waals surface area contributed by atoms with Gasteiger partial charge in [-0.25, -0.2) is 4.79 Å². The second kappa shape index (κ2) is 11.7. The molecule has 40 heavy (non-hydrogen) atoms. The van der Waals surface area contributed by atoms with Gasteiger partial charge in [0.25, 0.3) is 11.8 Å². The summed E-state index contributed by atoms with van der Waals surface area (Å²) in [5, 5.41) is 27.4. The number of anilines is 1. The molecule has 1 unspecified atom stereocenters. The van der Waals surface area contributed by atoms with Crippen LogP contribution in [0.15, 0.2) is 47.5 Å². The van der Waals surface area contributed by atoms with Crippen molar-refractivity contribution in [2.24, 2.45) is 10.7 Å². The van der Waals surface area contributed by atoms with E-state index in [1.165, 1.54) is 31.3 Å². The molecule has 0 saturated heterocycles. The molecule has 210 valence electrons. The van der Waals surface area contributed by atoms with Crippen LogP contribution in [0.3, 0.4) is 0 Å². The van der Waals surface area contributed by atoms with E-state index in [0.717, 1.165) is 11.4 Å². The number of carboxylic acid groups (broad SMARTS) is 1. The number of likely N-dealkylation sites (N-methyl/N-ethyl adjacent to an activating group) is 2. The number of carbonyl (C=O) groups is 1. The summed E-state index contributed by atoms with van der Waals surface area (Å²) in [5.41, 5.74) is 5.54. The van der Waals surface area contributed by atoms with Crippen LogP contribution in [0.2, 0.25) is 0 Å². The number of ether oxygens (including phenoxy) is 2. The minimum absolute atomic E-state index is 0.142. The maximum atomic E-state index is 15.8. The number of phenols is 1. The van der Waals surface area contributed by atoms with Crippen LogP contribution in [0.5, 0.6) is 29.0 Å². The fourth-order valence-corrected chi connectivity index (χ4v) is 4.38. The first-order valence-electron chi connectivity index (χ1n) is 11.9. The number of nitrogens with two attached hydrogens (primary N) is 1. The van der Waals surface area contributed by atoms with Crippen molar-refractivity contribution >= 4 is 36.0 Å². The summed E-state index contributed by atoms with van der Waals surface area (Å²) in [6.07, 6.45) is 0. The normalized spacial score (nSPS) is 13.5. The van der Waals surface area contributed by atoms with Crippen LogP contribution in [-0.4, -0.2) is 76.7 Å². The summed E-state index contributed by atoms with van der Waals surface area (Å²) in [4.78, 5) is 22.9. The number of nitrogens with zero attached hydrogens (tertiary/aromatic N) is 4. The van der Waals surface area contributed by atoms with Gasteiger partial charge < -0.3 is 35.2 Å². The lowest BCUT2D eigenvalue weighted by Gasteiger charge is -2.27. The number of amidine groups is 2. The summed E-state index contributed by atoms with van der Waals surface area (Å²) < 4.78 is 42.7. The molecule has 0 fully saturated rings. The van der Waals surface area contributed by atoms with Crippen molar-refractivity contribution in [2.45, 2.75) is 6.04 Å². The molecule has 1 atom stereocenters. The van der Waals surface area contributed by atoms with Crippen molar-refractivity contribution in [1.29, 1.82) is 5.41 Å². The monoisotopic (exact) mass is 572 g/mol. The van der Waals surface area contributed by atoms with E-state index >= 15 is 8.78 Å². The van der Waals surface area contributed by atoms with E-state index in [9.17, 15) is 15.0 Å². The molecule has 0 radical (unpaired) electrons. The number of benzene rings is 2. The zero-order valence-electron chi connectivity index (χ0n) is 21.4. The minimum Gasteiger partial charge on any atom is -0.504 e. The van der Waals surface area contributed by atoms with Crippen molar-refractivity contribution in [1.82, 2.24) is 9.88 Å². The lowest BCUT2D eigenvalue weighted by molar-refractivity contribution is -0.137. The number of aromatic nitrogens is 1. The SMILES string of the molecule is CN1CCN=C1c1cccc(Oc2nc(Oc3cc(C(=N)N)ccc3O)c(F)c(N(C)C(CS)C(=O)O)c2F)c1. The Bertz CT molecular complexity index is 1500. The third-order valence-corrected chi connectivity index (χ3v) is 6.46. The highest BCUT2D eigenvalue weighted by Gasteiger charge is 2.32. The van der Waals surface area contributed by atoms with Crippen LogP contribution in [0.1, 0.15) is 11.1 Å². The van der Waals surface area contributed by atoms with Gasteiger partial charge in [-0.1, -0.05) is 12.1 Å². The molecule has 0 spiro atoms. The van der Waals surface area contributed by atoms with E-state index in [1.807, 2.05) is 11.9 Å². The van der Waals surface area contributed by atoms with E-state index in [4.69, 9.17) is 20.6 Å². The van der Waals surface area contributed by atoms with E-state index in [0.29, 0.717) is 17.9 Å². The van der Waals surface area contributed by atoms with Gasteiger partial charge in [0.1, 0.15) is 29.1 Å². The summed E-state index contributed by atoms with van der Waals surface area (Å²) in [6.45, 7) is 1.35. The molecule has 1 aliphatic heterocycles. The van der Waals surface area contributed by atoms with Crippen molar-refractivity contribution < 1.29 is 33.3 Å². The van der Waals surface area contributed by atoms with E-state index in [2.05, 4.69) is 22.6 Å². The molecule has 0 saturated carbocycles. The van der Waals surface area contributed by atoms with Gasteiger partial charge in [0.15, 0.2) is 11.5 Å². The number of hydrogen-bond acceptors (Lipinski definition) is 10. The zero-order valence-corrected chi connectivity index (χ0v) is 22.3. The highest BCUT2D eigenvalue weighted by molar-refractivity contribution is 7.80. The number of aliphatic imine (C=N–C) groups is 1. The number of halogens is 2. The van der Waals surface area contributed by atoms with E-state index in [1.54, 1.807) is 18.2 Å². The standard InChI is InChI=1S/C26H26F2N6O5S/c1-33-9-8-31-23(33)14-4-3-5-15(10-14)38-24-19(27)21(34(2)16(12-40)26(36)37)20(28)25(32-24)39-18-11-13(22(29)30)6-7-17(18)35/h3-7,10-11,16,35,40H,8-9,12H2,1-2H3,(H3,29,30)(H,36,37). The number of nitrogens with one attached hydrogen (secondary N) is 1. The molecule has 2 heterocycles. The molecule has 11 nitrogen and oxygen atoms in total. The van der Waals surface area contributed by atoms with E-state index < -0.39 is 46.8 Å². The van der Waals surface area contributed by atoms with Crippen molar-refractivity contribution in [2.75, 3.05) is 37.8 Å². The largest absolute Gasteiger partial charge is 0.504 e. The summed E-state index contributed by atoms with van der Waals surface area (Å²) in [6, 6.07) is 8.85. The van der Waals surface area contributed by atoms with Gasteiger partial charge in [-0.05, 0) is 30.3 Å². The van der Waals surface area contributed by atoms with Crippen LogP contribution >= 0.6 is 12.6 Å². The third kappa shape index (κ3) is 5.71. The molecule has 3 aromatic rings. The predicted molar refractivity (Wildman–Crippen MR) is 148 cm³/mol. The van der Waals surface area contributed by atoms with Gasteiger partial charge in [0.05, 0.1) is 6.54 Å². The van der Waals surface area contributed by atoms with Gasteiger partial charge in [-0.15, -0.1) is 0 Å². The smallest absolute Gasteiger partial charge is 0.327 e. The minimum atomic E-state index is -1.43. The first-order valence-corrected chi connectivity index (χ1v) is 12.5. The Morgan fingerprint density at radius 3 is 2.52 bits per heavy atom. The van der Waals surface area contributed by atoms with Gasteiger partial charge >= 0.3 is 5.97 Å². The number of nitrogen functional groups attached to an aromatic ring is 1. The number of aliphatic carboxylic acids is 1. The van der Waals surface area contributed by atoms with Crippen LogP contribution in [0.25, 0.3) is 0 Å². The van der Waals surface area contributed by atoms with Gasteiger partial charge in [0, 0.05) is 37.5 Å². The molecule has 5 N–H and O–H groups in total. The Morgan fingerprint density at radius 1 is 1.23 bits per heavy atom. The number of rotatable bonds is 10. The molecule has 1 aliphatic rings. The summed E-state index contributed by atoms with van der Waals surface area (Å²) in [5.74, 6) is -6.12. The maximum absolute atomic E-state index is 15.8. The van der Waals surface area contributed by atoms with Gasteiger partial charge in [-0.2, -0.15) is 26.4 Å². The highest BCUT2D eigenvalue weighted by atomic mass is 32.1. The number of phenolic OH excluding ortho intramolecular Hbond substituents is 1. The number of pyridine rings is 1. The number of thiol groups is 1. The Balaban J connectivity index is 1.82. The first kappa shape index (κ1) is 28.4. The number of hydrogen-bond donors (Lipinski definition) is 5. The lowest BCUT2D eigenvalue weighted by Crippen LogP contribution is -2.41. The van der Waals surface area contributed by atoms with Crippen molar-refractivity contribution in [3.63, 3.8) is 0 Å². The molecule has 0 amide bonds. The van der Waals surface area contributed by atoms with Crippen LogP contribution in [0.4, 0.5) is 14.5 Å². The Morgan fingerprint density at radius 2 is 1.93 bits per heavy atom. The Kier molecular flexibility index (Phi) is 8.28. The molecule has 4 rings (SSSR count). The second-order valence-electron chi connectivity index (χ2n) is 8.80. The molecule has 2 aromatic carbocycles. The molecule has 0 aliphatic carbocycles. The summed E-state index contributed by atoms with van der Waals surface area (Å²) >= 11 is 4.00. The zero-order chi connectivity index (χ0) is 29.1. The molecule has 14 heteroatoms. The third-order valence-electron chi connectivity index (χ3n) is 6.12.